The summed E-state index contributed by atoms with van der Waals surface area (Å²) >= 11 is 0. The molecule has 1 aromatic heterocycles. The number of para-hydroxylation sites is 1. The van der Waals surface area contributed by atoms with Crippen LogP contribution >= 0.6 is 0 Å². The van der Waals surface area contributed by atoms with E-state index in [0.717, 1.165) is 26.1 Å². The third-order valence-electron chi connectivity index (χ3n) is 4.19. The number of aryl methyl sites for hydroxylation is 1. The highest BCUT2D eigenvalue weighted by atomic mass is 16.5. The monoisotopic (exact) mass is 258 g/mol. The van der Waals surface area contributed by atoms with Crippen molar-refractivity contribution in [1.29, 1.82) is 0 Å². The standard InChI is InChI=1S/C16H22N2O/c1-11(2)13-5-4-6-14-15(13)17-16(18(14)3)12-7-9-19-10-8-12/h4-6,11-12H,7-10H2,1-3H3. The lowest BCUT2D eigenvalue weighted by atomic mass is 9.99. The SMILES string of the molecule is CC(C)c1cccc2c1nc(C1CCOCC1)n2C. The van der Waals surface area contributed by atoms with Gasteiger partial charge in [-0.1, -0.05) is 26.0 Å². The van der Waals surface area contributed by atoms with Crippen molar-refractivity contribution in [3.05, 3.63) is 29.6 Å². The van der Waals surface area contributed by atoms with E-state index in [-0.39, 0.29) is 0 Å². The summed E-state index contributed by atoms with van der Waals surface area (Å²) in [6, 6.07) is 6.53. The van der Waals surface area contributed by atoms with Gasteiger partial charge in [-0.2, -0.15) is 0 Å². The maximum absolute atomic E-state index is 5.46. The average molecular weight is 258 g/mol. The summed E-state index contributed by atoms with van der Waals surface area (Å²) in [5, 5.41) is 0. The first kappa shape index (κ1) is 12.7. The number of imidazole rings is 1. The zero-order valence-electron chi connectivity index (χ0n) is 12.0. The number of nitrogens with zero attached hydrogens (tertiary/aromatic N) is 2. The molecule has 102 valence electrons. The zero-order chi connectivity index (χ0) is 13.4. The molecule has 0 N–H and O–H groups in total. The van der Waals surface area contributed by atoms with Crippen LogP contribution < -0.4 is 0 Å². The van der Waals surface area contributed by atoms with Crippen molar-refractivity contribution < 1.29 is 4.74 Å². The number of fused-ring (bicyclic) bond motifs is 1. The smallest absolute Gasteiger partial charge is 0.112 e. The summed E-state index contributed by atoms with van der Waals surface area (Å²) in [5.41, 5.74) is 3.79. The van der Waals surface area contributed by atoms with Gasteiger partial charge in [-0.25, -0.2) is 4.98 Å². The molecule has 0 radical (unpaired) electrons. The van der Waals surface area contributed by atoms with Crippen molar-refractivity contribution >= 4 is 11.0 Å². The van der Waals surface area contributed by atoms with Crippen LogP contribution in [0.5, 0.6) is 0 Å². The lowest BCUT2D eigenvalue weighted by Gasteiger charge is -2.21. The normalized spacial score (nSPS) is 17.5. The summed E-state index contributed by atoms with van der Waals surface area (Å²) < 4.78 is 7.74. The van der Waals surface area contributed by atoms with Gasteiger partial charge in [0.15, 0.2) is 0 Å². The molecule has 0 spiro atoms. The van der Waals surface area contributed by atoms with Gasteiger partial charge < -0.3 is 9.30 Å². The molecule has 0 bridgehead atoms. The molecule has 0 amide bonds. The number of ether oxygens (including phenoxy) is 1. The molecule has 2 aromatic rings. The molecule has 2 heterocycles. The van der Waals surface area contributed by atoms with Crippen molar-refractivity contribution in [3.8, 4) is 0 Å². The second-order valence-corrected chi connectivity index (χ2v) is 5.79. The topological polar surface area (TPSA) is 27.1 Å². The Hall–Kier alpha value is -1.35. The Morgan fingerprint density at radius 3 is 2.68 bits per heavy atom. The van der Waals surface area contributed by atoms with E-state index in [1.165, 1.54) is 22.4 Å². The van der Waals surface area contributed by atoms with Crippen LogP contribution in [0.25, 0.3) is 11.0 Å². The van der Waals surface area contributed by atoms with Crippen LogP contribution in [0.3, 0.4) is 0 Å². The van der Waals surface area contributed by atoms with Crippen LogP contribution in [0.1, 0.15) is 49.9 Å². The fourth-order valence-electron chi connectivity index (χ4n) is 3.04. The van der Waals surface area contributed by atoms with Crippen molar-refractivity contribution in [1.82, 2.24) is 9.55 Å². The predicted octanol–water partition coefficient (Wildman–Crippen LogP) is 3.59. The molecule has 1 aromatic carbocycles. The molecule has 1 saturated heterocycles. The summed E-state index contributed by atoms with van der Waals surface area (Å²) in [4.78, 5) is 4.96. The quantitative estimate of drug-likeness (QED) is 0.823. The Morgan fingerprint density at radius 2 is 2.00 bits per heavy atom. The second kappa shape index (κ2) is 4.97. The highest BCUT2D eigenvalue weighted by Crippen LogP contribution is 2.31. The van der Waals surface area contributed by atoms with Crippen molar-refractivity contribution in [2.75, 3.05) is 13.2 Å². The van der Waals surface area contributed by atoms with E-state index in [2.05, 4.69) is 43.7 Å². The molecule has 3 nitrogen and oxygen atoms in total. The molecule has 3 rings (SSSR count). The molecule has 0 unspecified atom stereocenters. The van der Waals surface area contributed by atoms with E-state index in [0.29, 0.717) is 11.8 Å². The number of rotatable bonds is 2. The van der Waals surface area contributed by atoms with Gasteiger partial charge in [0.25, 0.3) is 0 Å². The molecule has 0 aliphatic carbocycles. The lowest BCUT2D eigenvalue weighted by Crippen LogP contribution is -2.17. The number of benzene rings is 1. The van der Waals surface area contributed by atoms with E-state index in [9.17, 15) is 0 Å². The summed E-state index contributed by atoms with van der Waals surface area (Å²) in [5.74, 6) is 2.29. The minimum Gasteiger partial charge on any atom is -0.381 e. The Balaban J connectivity index is 2.11. The van der Waals surface area contributed by atoms with Crippen LogP contribution in [0.2, 0.25) is 0 Å². The average Bonchev–Trinajstić information content (AvgIpc) is 2.77. The lowest BCUT2D eigenvalue weighted by molar-refractivity contribution is 0.0831. The minimum absolute atomic E-state index is 0.515. The first-order chi connectivity index (χ1) is 9.18. The third-order valence-corrected chi connectivity index (χ3v) is 4.19. The van der Waals surface area contributed by atoms with Crippen LogP contribution in [-0.4, -0.2) is 22.8 Å². The van der Waals surface area contributed by atoms with Crippen molar-refractivity contribution in [3.63, 3.8) is 0 Å². The van der Waals surface area contributed by atoms with E-state index < -0.39 is 0 Å². The first-order valence-corrected chi connectivity index (χ1v) is 7.21. The zero-order valence-corrected chi connectivity index (χ0v) is 12.0. The van der Waals surface area contributed by atoms with E-state index in [1.54, 1.807) is 0 Å². The van der Waals surface area contributed by atoms with Crippen LogP contribution in [0.15, 0.2) is 18.2 Å². The van der Waals surface area contributed by atoms with Crippen LogP contribution in [0, 0.1) is 0 Å². The number of aromatic nitrogens is 2. The summed E-state index contributed by atoms with van der Waals surface area (Å²) in [6.45, 7) is 6.20. The minimum atomic E-state index is 0.515. The molecule has 0 saturated carbocycles. The number of hydrogen-bond donors (Lipinski definition) is 0. The molecule has 3 heteroatoms. The van der Waals surface area contributed by atoms with Gasteiger partial charge in [-0.15, -0.1) is 0 Å². The van der Waals surface area contributed by atoms with Gasteiger partial charge in [0.1, 0.15) is 5.82 Å². The van der Waals surface area contributed by atoms with E-state index >= 15 is 0 Å². The Labute approximate surface area is 114 Å². The maximum Gasteiger partial charge on any atom is 0.112 e. The van der Waals surface area contributed by atoms with Crippen LogP contribution in [-0.2, 0) is 11.8 Å². The fourth-order valence-corrected chi connectivity index (χ4v) is 3.04. The van der Waals surface area contributed by atoms with Gasteiger partial charge in [0, 0.05) is 26.2 Å². The van der Waals surface area contributed by atoms with E-state index in [1.807, 2.05) is 0 Å². The van der Waals surface area contributed by atoms with E-state index in [4.69, 9.17) is 9.72 Å². The largest absolute Gasteiger partial charge is 0.381 e. The molecular weight excluding hydrogens is 236 g/mol. The molecule has 1 aliphatic rings. The maximum atomic E-state index is 5.46. The second-order valence-electron chi connectivity index (χ2n) is 5.79. The highest BCUT2D eigenvalue weighted by molar-refractivity contribution is 5.80. The fraction of sp³-hybridized carbons (Fsp3) is 0.562. The molecule has 1 aliphatic heterocycles. The summed E-state index contributed by atoms with van der Waals surface area (Å²) in [7, 11) is 2.14. The molecule has 19 heavy (non-hydrogen) atoms. The van der Waals surface area contributed by atoms with Gasteiger partial charge in [-0.05, 0) is 30.4 Å². The van der Waals surface area contributed by atoms with Gasteiger partial charge >= 0.3 is 0 Å². The number of hydrogen-bond acceptors (Lipinski definition) is 2. The Kier molecular flexibility index (Phi) is 3.31. The molecular formula is C16H22N2O. The van der Waals surface area contributed by atoms with Gasteiger partial charge in [0.05, 0.1) is 11.0 Å². The van der Waals surface area contributed by atoms with Crippen molar-refractivity contribution in [2.24, 2.45) is 7.05 Å². The first-order valence-electron chi connectivity index (χ1n) is 7.21. The van der Waals surface area contributed by atoms with Crippen LogP contribution in [0.4, 0.5) is 0 Å². The third kappa shape index (κ3) is 2.16. The Morgan fingerprint density at radius 1 is 1.26 bits per heavy atom. The van der Waals surface area contributed by atoms with Gasteiger partial charge in [-0.3, -0.25) is 0 Å². The molecule has 1 fully saturated rings. The Bertz CT molecular complexity index is 580. The highest BCUT2D eigenvalue weighted by Gasteiger charge is 2.22. The molecule has 0 atom stereocenters. The van der Waals surface area contributed by atoms with Gasteiger partial charge in [0.2, 0.25) is 0 Å². The summed E-state index contributed by atoms with van der Waals surface area (Å²) in [6.07, 6.45) is 2.18. The predicted molar refractivity (Wildman–Crippen MR) is 77.6 cm³/mol. The van der Waals surface area contributed by atoms with Crippen molar-refractivity contribution in [2.45, 2.75) is 38.5 Å².